The van der Waals surface area contributed by atoms with E-state index in [9.17, 15) is 14.4 Å². The van der Waals surface area contributed by atoms with Crippen molar-refractivity contribution >= 4 is 52.0 Å². The third-order valence-electron chi connectivity index (χ3n) is 6.23. The molecule has 1 fully saturated rings. The molecule has 0 radical (unpaired) electrons. The van der Waals surface area contributed by atoms with Gasteiger partial charge < -0.3 is 9.47 Å². The first kappa shape index (κ1) is 26.0. The lowest BCUT2D eigenvalue weighted by Gasteiger charge is -2.26. The number of nitrogens with zero attached hydrogens (tertiary/aromatic N) is 1. The number of fused-ring (bicyclic) bond motifs is 1. The monoisotopic (exact) mass is 540 g/mol. The highest BCUT2D eigenvalue weighted by Gasteiger charge is 2.36. The Kier molecular flexibility index (Phi) is 7.34. The molecule has 1 N–H and O–H groups in total. The fraction of sp³-hybridized carbons (Fsp3) is 0.129. The molecule has 1 saturated heterocycles. The molecule has 196 valence electrons. The van der Waals surface area contributed by atoms with Gasteiger partial charge in [-0.3, -0.25) is 14.9 Å². The Hall–Kier alpha value is -4.62. The van der Waals surface area contributed by atoms with Crippen LogP contribution < -0.4 is 19.7 Å². The second kappa shape index (κ2) is 11.0. The van der Waals surface area contributed by atoms with E-state index in [1.165, 1.54) is 6.08 Å². The first-order valence-electron chi connectivity index (χ1n) is 12.4. The van der Waals surface area contributed by atoms with Crippen LogP contribution in [0.2, 0.25) is 5.02 Å². The second-order valence-corrected chi connectivity index (χ2v) is 9.43. The minimum atomic E-state index is -0.809. The molecule has 39 heavy (non-hydrogen) atoms. The lowest BCUT2D eigenvalue weighted by molar-refractivity contribution is -0.122. The predicted octanol–water partition coefficient (Wildman–Crippen LogP) is 6.45. The van der Waals surface area contributed by atoms with Crippen molar-refractivity contribution in [3.8, 4) is 11.5 Å². The first-order valence-corrected chi connectivity index (χ1v) is 12.8. The number of ether oxygens (including phenoxy) is 2. The van der Waals surface area contributed by atoms with Gasteiger partial charge in [0.1, 0.15) is 12.2 Å². The molecule has 5 rings (SSSR count). The molecular formula is C31H25ClN2O5. The number of carbonyl (C=O) groups is 3. The second-order valence-electron chi connectivity index (χ2n) is 9.03. The van der Waals surface area contributed by atoms with E-state index in [1.54, 1.807) is 36.4 Å². The van der Waals surface area contributed by atoms with Gasteiger partial charge in [0.05, 0.1) is 17.3 Å². The molecule has 1 aliphatic rings. The fourth-order valence-electron chi connectivity index (χ4n) is 4.31. The van der Waals surface area contributed by atoms with E-state index in [1.807, 2.05) is 50.2 Å². The van der Waals surface area contributed by atoms with Gasteiger partial charge >= 0.3 is 6.03 Å². The SMILES string of the molecule is CCOc1cc(/C=C2\C(=O)NC(=O)N(c3ccc(C)cc3)C2=O)cc(Cl)c1OCc1ccc2ccccc2c1. The minimum absolute atomic E-state index is 0.210. The summed E-state index contributed by atoms with van der Waals surface area (Å²) in [5.74, 6) is -0.810. The molecule has 4 aromatic carbocycles. The lowest BCUT2D eigenvalue weighted by atomic mass is 10.1. The van der Waals surface area contributed by atoms with Gasteiger partial charge in [-0.15, -0.1) is 0 Å². The zero-order valence-corrected chi connectivity index (χ0v) is 22.1. The normalized spacial score (nSPS) is 14.6. The number of carbonyl (C=O) groups excluding carboxylic acids is 3. The zero-order chi connectivity index (χ0) is 27.5. The number of halogens is 1. The molecule has 7 nitrogen and oxygen atoms in total. The molecule has 4 aromatic rings. The molecule has 0 unspecified atom stereocenters. The maximum absolute atomic E-state index is 13.2. The van der Waals surface area contributed by atoms with Crippen LogP contribution in [0, 0.1) is 6.92 Å². The molecule has 0 atom stereocenters. The number of hydrogen-bond donors (Lipinski definition) is 1. The summed E-state index contributed by atoms with van der Waals surface area (Å²) in [6.45, 7) is 4.33. The van der Waals surface area contributed by atoms with Gasteiger partial charge in [0.15, 0.2) is 11.5 Å². The average molecular weight is 541 g/mol. The summed E-state index contributed by atoms with van der Waals surface area (Å²) in [6, 6.07) is 23.4. The van der Waals surface area contributed by atoms with Crippen LogP contribution >= 0.6 is 11.6 Å². The van der Waals surface area contributed by atoms with Crippen molar-refractivity contribution in [2.24, 2.45) is 0 Å². The summed E-state index contributed by atoms with van der Waals surface area (Å²) in [7, 11) is 0. The smallest absolute Gasteiger partial charge is 0.335 e. The number of urea groups is 1. The summed E-state index contributed by atoms with van der Waals surface area (Å²) in [5.41, 5.74) is 2.52. The van der Waals surface area contributed by atoms with E-state index < -0.39 is 17.8 Å². The van der Waals surface area contributed by atoms with Crippen LogP contribution in [-0.2, 0) is 16.2 Å². The van der Waals surface area contributed by atoms with Gasteiger partial charge in [0.2, 0.25) is 0 Å². The number of imide groups is 2. The molecule has 0 aromatic heterocycles. The summed E-state index contributed by atoms with van der Waals surface area (Å²) < 4.78 is 11.9. The van der Waals surface area contributed by atoms with Crippen LogP contribution in [0.15, 0.2) is 84.4 Å². The van der Waals surface area contributed by atoms with Crippen LogP contribution in [-0.4, -0.2) is 24.5 Å². The van der Waals surface area contributed by atoms with Crippen molar-refractivity contribution in [1.82, 2.24) is 5.32 Å². The number of anilines is 1. The first-order chi connectivity index (χ1) is 18.8. The van der Waals surface area contributed by atoms with Crippen molar-refractivity contribution in [3.63, 3.8) is 0 Å². The van der Waals surface area contributed by atoms with Crippen molar-refractivity contribution in [3.05, 3.63) is 106 Å². The van der Waals surface area contributed by atoms with Gasteiger partial charge in [-0.1, -0.05) is 65.7 Å². The van der Waals surface area contributed by atoms with Crippen LogP contribution in [0.4, 0.5) is 10.5 Å². The molecule has 8 heteroatoms. The topological polar surface area (TPSA) is 84.9 Å². The summed E-state index contributed by atoms with van der Waals surface area (Å²) in [4.78, 5) is 39.3. The fourth-order valence-corrected chi connectivity index (χ4v) is 4.58. The molecule has 1 heterocycles. The van der Waals surface area contributed by atoms with E-state index in [-0.39, 0.29) is 17.2 Å². The average Bonchev–Trinajstić information content (AvgIpc) is 2.91. The third kappa shape index (κ3) is 5.49. The highest BCUT2D eigenvalue weighted by molar-refractivity contribution is 6.39. The molecular weight excluding hydrogens is 516 g/mol. The Labute approximate surface area is 230 Å². The van der Waals surface area contributed by atoms with E-state index >= 15 is 0 Å². The molecule has 0 saturated carbocycles. The number of amides is 4. The van der Waals surface area contributed by atoms with Gasteiger partial charge in [-0.25, -0.2) is 9.69 Å². The van der Waals surface area contributed by atoms with Crippen LogP contribution in [0.25, 0.3) is 16.8 Å². The number of aryl methyl sites for hydroxylation is 1. The van der Waals surface area contributed by atoms with Crippen LogP contribution in [0.5, 0.6) is 11.5 Å². The maximum Gasteiger partial charge on any atom is 0.335 e. The Morgan fingerprint density at radius 3 is 2.38 bits per heavy atom. The molecule has 0 spiro atoms. The largest absolute Gasteiger partial charge is 0.490 e. The summed E-state index contributed by atoms with van der Waals surface area (Å²) in [6.07, 6.45) is 1.38. The van der Waals surface area contributed by atoms with Crippen molar-refractivity contribution in [2.45, 2.75) is 20.5 Å². The van der Waals surface area contributed by atoms with Crippen LogP contribution in [0.1, 0.15) is 23.6 Å². The molecule has 1 aliphatic heterocycles. The number of rotatable bonds is 7. The number of barbiturate groups is 1. The van der Waals surface area contributed by atoms with E-state index in [4.69, 9.17) is 21.1 Å². The van der Waals surface area contributed by atoms with Gasteiger partial charge in [-0.2, -0.15) is 0 Å². The van der Waals surface area contributed by atoms with Gasteiger partial charge in [-0.05, 0) is 72.2 Å². The molecule has 0 bridgehead atoms. The Morgan fingerprint density at radius 2 is 1.64 bits per heavy atom. The third-order valence-corrected chi connectivity index (χ3v) is 6.51. The lowest BCUT2D eigenvalue weighted by Crippen LogP contribution is -2.54. The standard InChI is InChI=1S/C31H25ClN2O5/c1-3-38-27-17-21(15-25-29(35)33-31(37)34(30(25)36)24-12-8-19(2)9-13-24)16-26(32)28(27)39-18-20-10-11-22-6-4-5-7-23(22)14-20/h4-17H,3,18H2,1-2H3,(H,33,35,37)/b25-15+. The predicted molar refractivity (Wildman–Crippen MR) is 151 cm³/mol. The molecule has 0 aliphatic carbocycles. The maximum atomic E-state index is 13.2. The number of benzene rings is 4. The van der Waals surface area contributed by atoms with Crippen molar-refractivity contribution in [1.29, 1.82) is 0 Å². The zero-order valence-electron chi connectivity index (χ0n) is 21.4. The number of hydrogen-bond acceptors (Lipinski definition) is 5. The van der Waals surface area contributed by atoms with Crippen molar-refractivity contribution in [2.75, 3.05) is 11.5 Å². The van der Waals surface area contributed by atoms with Crippen LogP contribution in [0.3, 0.4) is 0 Å². The Balaban J connectivity index is 1.43. The highest BCUT2D eigenvalue weighted by Crippen LogP contribution is 2.38. The number of nitrogens with one attached hydrogen (secondary N) is 1. The van der Waals surface area contributed by atoms with E-state index in [0.29, 0.717) is 29.4 Å². The molecule has 4 amide bonds. The van der Waals surface area contributed by atoms with Gasteiger partial charge in [0, 0.05) is 0 Å². The Morgan fingerprint density at radius 1 is 0.897 bits per heavy atom. The van der Waals surface area contributed by atoms with Crippen molar-refractivity contribution < 1.29 is 23.9 Å². The summed E-state index contributed by atoms with van der Waals surface area (Å²) >= 11 is 6.60. The quantitative estimate of drug-likeness (QED) is 0.215. The Bertz CT molecular complexity index is 1630. The summed E-state index contributed by atoms with van der Waals surface area (Å²) in [5, 5.41) is 4.72. The van der Waals surface area contributed by atoms with Gasteiger partial charge in [0.25, 0.3) is 11.8 Å². The highest BCUT2D eigenvalue weighted by atomic mass is 35.5. The minimum Gasteiger partial charge on any atom is -0.490 e. The van der Waals surface area contributed by atoms with E-state index in [2.05, 4.69) is 11.4 Å². The van der Waals surface area contributed by atoms with E-state index in [0.717, 1.165) is 26.8 Å².